The van der Waals surface area contributed by atoms with Crippen molar-refractivity contribution in [1.82, 2.24) is 19.9 Å². The van der Waals surface area contributed by atoms with E-state index in [0.717, 1.165) is 50.3 Å². The van der Waals surface area contributed by atoms with Crippen LogP contribution in [0.2, 0.25) is 0 Å². The highest BCUT2D eigenvalue weighted by molar-refractivity contribution is 7.13. The van der Waals surface area contributed by atoms with Gasteiger partial charge in [0.05, 0.1) is 17.9 Å². The zero-order valence-electron chi connectivity index (χ0n) is 17.7. The first-order valence-corrected chi connectivity index (χ1v) is 11.5. The molecule has 3 aromatic rings. The highest BCUT2D eigenvalue weighted by atomic mass is 32.1. The van der Waals surface area contributed by atoms with E-state index in [9.17, 15) is 4.79 Å². The Labute approximate surface area is 186 Å². The third kappa shape index (κ3) is 5.86. The molecule has 1 aliphatic rings. The maximum atomic E-state index is 12.7. The number of thiazole rings is 1. The Bertz CT molecular complexity index is 970. The zero-order chi connectivity index (χ0) is 21.5. The second kappa shape index (κ2) is 10.5. The lowest BCUT2D eigenvalue weighted by Crippen LogP contribution is -2.34. The molecule has 1 aliphatic heterocycles. The second-order valence-corrected chi connectivity index (χ2v) is 8.57. The third-order valence-corrected chi connectivity index (χ3v) is 6.21. The number of hydrogen-bond acceptors (Lipinski definition) is 7. The third-order valence-electron chi connectivity index (χ3n) is 5.52. The maximum absolute atomic E-state index is 12.7. The second-order valence-electron chi connectivity index (χ2n) is 7.68. The van der Waals surface area contributed by atoms with Crippen molar-refractivity contribution in [3.8, 4) is 5.75 Å². The van der Waals surface area contributed by atoms with Crippen molar-refractivity contribution in [2.45, 2.75) is 32.7 Å². The molecule has 0 radical (unpaired) electrons. The van der Waals surface area contributed by atoms with E-state index in [-0.39, 0.29) is 5.91 Å². The van der Waals surface area contributed by atoms with E-state index in [4.69, 9.17) is 4.74 Å². The number of carbonyl (C=O) groups is 1. The number of carbonyl (C=O) groups excluding carboxylic acids is 1. The lowest BCUT2D eigenvalue weighted by molar-refractivity contribution is 0.102. The summed E-state index contributed by atoms with van der Waals surface area (Å²) in [6.45, 7) is 5.73. The number of amides is 1. The number of nitrogens with zero attached hydrogens (tertiary/aromatic N) is 4. The van der Waals surface area contributed by atoms with Crippen molar-refractivity contribution >= 4 is 22.4 Å². The molecule has 2 aromatic heterocycles. The summed E-state index contributed by atoms with van der Waals surface area (Å²) in [6.07, 6.45) is 7.77. The van der Waals surface area contributed by atoms with Crippen LogP contribution in [0.4, 0.5) is 5.13 Å². The average Bonchev–Trinajstić information content (AvgIpc) is 3.30. The standard InChI is InChI=1S/C23H27N5O2S/c1-2-30-19-5-3-18(4-6-19)15-28-10-7-17(8-11-28)13-21-20(14-24-16-26-21)22(29)27-23-25-9-12-31-23/h3-6,9,12,14,16-17H,2,7-8,10-11,13,15H2,1H3,(H,25,27,29). The van der Waals surface area contributed by atoms with Crippen LogP contribution < -0.4 is 10.1 Å². The predicted molar refractivity (Wildman–Crippen MR) is 121 cm³/mol. The molecule has 8 heteroatoms. The largest absolute Gasteiger partial charge is 0.494 e. The predicted octanol–water partition coefficient (Wildman–Crippen LogP) is 4.04. The summed E-state index contributed by atoms with van der Waals surface area (Å²) in [5.74, 6) is 1.24. The minimum atomic E-state index is -0.196. The smallest absolute Gasteiger partial charge is 0.260 e. The van der Waals surface area contributed by atoms with Gasteiger partial charge < -0.3 is 4.74 Å². The molecular formula is C23H27N5O2S. The van der Waals surface area contributed by atoms with Crippen LogP contribution in [0.3, 0.4) is 0 Å². The molecule has 7 nitrogen and oxygen atoms in total. The van der Waals surface area contributed by atoms with Gasteiger partial charge in [-0.25, -0.2) is 15.0 Å². The van der Waals surface area contributed by atoms with Crippen molar-refractivity contribution in [3.05, 3.63) is 65.2 Å². The van der Waals surface area contributed by atoms with Gasteiger partial charge in [0.15, 0.2) is 5.13 Å². The van der Waals surface area contributed by atoms with Crippen LogP contribution in [0.25, 0.3) is 0 Å². The van der Waals surface area contributed by atoms with Gasteiger partial charge in [-0.2, -0.15) is 0 Å². The van der Waals surface area contributed by atoms with Gasteiger partial charge in [0.2, 0.25) is 0 Å². The Kier molecular flexibility index (Phi) is 7.22. The van der Waals surface area contributed by atoms with Crippen LogP contribution in [0.5, 0.6) is 5.75 Å². The molecule has 0 spiro atoms. The van der Waals surface area contributed by atoms with E-state index < -0.39 is 0 Å². The number of nitrogens with one attached hydrogen (secondary N) is 1. The number of ether oxygens (including phenoxy) is 1. The van der Waals surface area contributed by atoms with Gasteiger partial charge in [0, 0.05) is 24.3 Å². The molecule has 1 fully saturated rings. The molecule has 1 N–H and O–H groups in total. The molecule has 0 bridgehead atoms. The molecule has 1 aromatic carbocycles. The normalized spacial score (nSPS) is 15.0. The summed E-state index contributed by atoms with van der Waals surface area (Å²) >= 11 is 1.40. The molecule has 0 saturated carbocycles. The summed E-state index contributed by atoms with van der Waals surface area (Å²) in [7, 11) is 0. The van der Waals surface area contributed by atoms with Gasteiger partial charge in [-0.1, -0.05) is 12.1 Å². The number of hydrogen-bond donors (Lipinski definition) is 1. The summed E-state index contributed by atoms with van der Waals surface area (Å²) in [5.41, 5.74) is 2.65. The molecule has 3 heterocycles. The number of aromatic nitrogens is 3. The first-order chi connectivity index (χ1) is 15.2. The molecule has 0 aliphatic carbocycles. The number of anilines is 1. The van der Waals surface area contributed by atoms with Crippen LogP contribution in [0.1, 0.15) is 41.4 Å². The Balaban J connectivity index is 1.30. The number of benzene rings is 1. The van der Waals surface area contributed by atoms with Crippen molar-refractivity contribution in [2.75, 3.05) is 25.0 Å². The van der Waals surface area contributed by atoms with Crippen LogP contribution in [0.15, 0.2) is 48.4 Å². The Morgan fingerprint density at radius 2 is 2.03 bits per heavy atom. The molecule has 0 unspecified atom stereocenters. The van der Waals surface area contributed by atoms with E-state index in [2.05, 4.69) is 37.3 Å². The molecule has 0 atom stereocenters. The van der Waals surface area contributed by atoms with Gasteiger partial charge >= 0.3 is 0 Å². The van der Waals surface area contributed by atoms with Crippen molar-refractivity contribution < 1.29 is 9.53 Å². The highest BCUT2D eigenvalue weighted by Gasteiger charge is 2.23. The highest BCUT2D eigenvalue weighted by Crippen LogP contribution is 2.24. The molecular weight excluding hydrogens is 410 g/mol. The molecule has 1 amide bonds. The number of rotatable bonds is 8. The maximum Gasteiger partial charge on any atom is 0.260 e. The fourth-order valence-corrected chi connectivity index (χ4v) is 4.42. The summed E-state index contributed by atoms with van der Waals surface area (Å²) < 4.78 is 5.52. The van der Waals surface area contributed by atoms with Gasteiger partial charge in [0.25, 0.3) is 5.91 Å². The molecule has 1 saturated heterocycles. The molecule has 162 valence electrons. The van der Waals surface area contributed by atoms with Crippen LogP contribution >= 0.6 is 11.3 Å². The molecule has 31 heavy (non-hydrogen) atoms. The monoisotopic (exact) mass is 437 g/mol. The first kappa shape index (κ1) is 21.4. The summed E-state index contributed by atoms with van der Waals surface area (Å²) in [6, 6.07) is 8.37. The number of likely N-dealkylation sites (tertiary alicyclic amines) is 1. The Hall–Kier alpha value is -2.84. The fraction of sp³-hybridized carbons (Fsp3) is 0.391. The minimum Gasteiger partial charge on any atom is -0.494 e. The van der Waals surface area contributed by atoms with Crippen LogP contribution in [-0.2, 0) is 13.0 Å². The summed E-state index contributed by atoms with van der Waals surface area (Å²) in [4.78, 5) is 27.7. The van der Waals surface area contributed by atoms with E-state index in [1.807, 2.05) is 24.4 Å². The van der Waals surface area contributed by atoms with E-state index in [1.165, 1.54) is 23.2 Å². The first-order valence-electron chi connectivity index (χ1n) is 10.6. The van der Waals surface area contributed by atoms with Crippen LogP contribution in [-0.4, -0.2) is 45.5 Å². The fourth-order valence-electron chi connectivity index (χ4n) is 3.89. The minimum absolute atomic E-state index is 0.196. The summed E-state index contributed by atoms with van der Waals surface area (Å²) in [5, 5.41) is 5.25. The van der Waals surface area contributed by atoms with E-state index in [0.29, 0.717) is 23.2 Å². The quantitative estimate of drug-likeness (QED) is 0.573. The van der Waals surface area contributed by atoms with Crippen molar-refractivity contribution in [2.24, 2.45) is 5.92 Å². The van der Waals surface area contributed by atoms with Crippen molar-refractivity contribution in [1.29, 1.82) is 0 Å². The van der Waals surface area contributed by atoms with Crippen molar-refractivity contribution in [3.63, 3.8) is 0 Å². The topological polar surface area (TPSA) is 80.2 Å². The lowest BCUT2D eigenvalue weighted by atomic mass is 9.90. The van der Waals surface area contributed by atoms with Crippen LogP contribution in [0, 0.1) is 5.92 Å². The Morgan fingerprint density at radius 1 is 1.23 bits per heavy atom. The number of piperidine rings is 1. The average molecular weight is 438 g/mol. The zero-order valence-corrected chi connectivity index (χ0v) is 18.5. The van der Waals surface area contributed by atoms with E-state index in [1.54, 1.807) is 12.4 Å². The van der Waals surface area contributed by atoms with Gasteiger partial charge in [-0.05, 0) is 62.9 Å². The Morgan fingerprint density at radius 3 is 2.74 bits per heavy atom. The van der Waals surface area contributed by atoms with E-state index >= 15 is 0 Å². The SMILES string of the molecule is CCOc1ccc(CN2CCC(Cc3ncncc3C(=O)Nc3nccs3)CC2)cc1. The van der Waals surface area contributed by atoms with Gasteiger partial charge in [-0.3, -0.25) is 15.0 Å². The molecule has 4 rings (SSSR count). The lowest BCUT2D eigenvalue weighted by Gasteiger charge is -2.32. The van der Waals surface area contributed by atoms with Gasteiger partial charge in [0.1, 0.15) is 12.1 Å². The van der Waals surface area contributed by atoms with Gasteiger partial charge in [-0.15, -0.1) is 11.3 Å².